The monoisotopic (exact) mass is 198 g/mol. The van der Waals surface area contributed by atoms with Crippen LogP contribution in [0.1, 0.15) is 19.4 Å². The van der Waals surface area contributed by atoms with Crippen molar-refractivity contribution in [2.75, 3.05) is 18.8 Å². The molecule has 0 aliphatic heterocycles. The van der Waals surface area contributed by atoms with Crippen LogP contribution in [-0.2, 0) is 5.41 Å². The molecule has 0 radical (unpaired) electrons. The molecule has 0 spiro atoms. The highest BCUT2D eigenvalue weighted by atomic mass is 32.1. The molecule has 1 rings (SSSR count). The number of hydrogen-bond donors (Lipinski definition) is 3. The van der Waals surface area contributed by atoms with Gasteiger partial charge in [0.05, 0.1) is 0 Å². The SMILES string of the molecule is CC(C)(CNCCS)c1cc[nH]c1. The Morgan fingerprint density at radius 2 is 2.31 bits per heavy atom. The fraction of sp³-hybridized carbons (Fsp3) is 0.600. The summed E-state index contributed by atoms with van der Waals surface area (Å²) in [5, 5.41) is 3.37. The summed E-state index contributed by atoms with van der Waals surface area (Å²) in [6.07, 6.45) is 4.03. The number of thiol groups is 1. The van der Waals surface area contributed by atoms with Crippen molar-refractivity contribution >= 4 is 12.6 Å². The third kappa shape index (κ3) is 3.08. The summed E-state index contributed by atoms with van der Waals surface area (Å²) < 4.78 is 0. The molecule has 0 bridgehead atoms. The van der Waals surface area contributed by atoms with Crippen LogP contribution in [0.3, 0.4) is 0 Å². The van der Waals surface area contributed by atoms with Gasteiger partial charge in [-0.15, -0.1) is 0 Å². The van der Waals surface area contributed by atoms with Crippen molar-refractivity contribution < 1.29 is 0 Å². The number of hydrogen-bond acceptors (Lipinski definition) is 2. The van der Waals surface area contributed by atoms with Crippen molar-refractivity contribution in [2.45, 2.75) is 19.3 Å². The first-order valence-corrected chi connectivity index (χ1v) is 5.25. The zero-order chi connectivity index (χ0) is 9.73. The Labute approximate surface area is 85.5 Å². The maximum atomic E-state index is 4.16. The van der Waals surface area contributed by atoms with Gasteiger partial charge in [-0.3, -0.25) is 0 Å². The number of aromatic amines is 1. The summed E-state index contributed by atoms with van der Waals surface area (Å²) in [6.45, 7) is 6.44. The summed E-state index contributed by atoms with van der Waals surface area (Å²) >= 11 is 4.16. The van der Waals surface area contributed by atoms with E-state index in [2.05, 4.69) is 49.0 Å². The third-order valence-electron chi connectivity index (χ3n) is 2.23. The second-order valence-corrected chi connectivity index (χ2v) is 4.33. The molecular formula is C10H18N2S. The molecule has 0 saturated carbocycles. The van der Waals surface area contributed by atoms with Crippen LogP contribution in [0, 0.1) is 0 Å². The van der Waals surface area contributed by atoms with Crippen molar-refractivity contribution in [3.63, 3.8) is 0 Å². The van der Waals surface area contributed by atoms with E-state index in [1.165, 1.54) is 5.56 Å². The van der Waals surface area contributed by atoms with Gasteiger partial charge in [-0.05, 0) is 11.6 Å². The first-order valence-electron chi connectivity index (χ1n) is 4.61. The van der Waals surface area contributed by atoms with Crippen LogP contribution in [-0.4, -0.2) is 23.8 Å². The number of aromatic nitrogens is 1. The highest BCUT2D eigenvalue weighted by Gasteiger charge is 2.19. The first-order chi connectivity index (χ1) is 6.17. The Bertz CT molecular complexity index is 229. The van der Waals surface area contributed by atoms with Crippen LogP contribution < -0.4 is 5.32 Å². The van der Waals surface area contributed by atoms with Crippen molar-refractivity contribution in [1.82, 2.24) is 10.3 Å². The van der Waals surface area contributed by atoms with E-state index in [9.17, 15) is 0 Å². The second kappa shape index (κ2) is 4.72. The van der Waals surface area contributed by atoms with E-state index in [0.29, 0.717) is 0 Å². The smallest absolute Gasteiger partial charge is 0.00440 e. The topological polar surface area (TPSA) is 27.8 Å². The normalized spacial score (nSPS) is 11.9. The van der Waals surface area contributed by atoms with E-state index in [1.807, 2.05) is 6.20 Å². The number of nitrogens with one attached hydrogen (secondary N) is 2. The predicted octanol–water partition coefficient (Wildman–Crippen LogP) is 1.81. The molecule has 13 heavy (non-hydrogen) atoms. The zero-order valence-electron chi connectivity index (χ0n) is 8.30. The van der Waals surface area contributed by atoms with Gasteiger partial charge in [0.15, 0.2) is 0 Å². The lowest BCUT2D eigenvalue weighted by molar-refractivity contribution is 0.479. The minimum absolute atomic E-state index is 0.197. The molecule has 0 aromatic carbocycles. The van der Waals surface area contributed by atoms with Crippen LogP contribution in [0.2, 0.25) is 0 Å². The Hall–Kier alpha value is -0.410. The van der Waals surface area contributed by atoms with Gasteiger partial charge >= 0.3 is 0 Å². The summed E-state index contributed by atoms with van der Waals surface area (Å²) in [5.74, 6) is 0.892. The first kappa shape index (κ1) is 10.7. The molecular weight excluding hydrogens is 180 g/mol. The molecule has 2 N–H and O–H groups in total. The summed E-state index contributed by atoms with van der Waals surface area (Å²) in [4.78, 5) is 3.08. The van der Waals surface area contributed by atoms with Crippen LogP contribution in [0.5, 0.6) is 0 Å². The molecule has 3 heteroatoms. The summed E-state index contributed by atoms with van der Waals surface area (Å²) in [6, 6.07) is 2.13. The van der Waals surface area contributed by atoms with Gasteiger partial charge < -0.3 is 10.3 Å². The molecule has 0 aliphatic carbocycles. The van der Waals surface area contributed by atoms with Crippen molar-refractivity contribution in [3.8, 4) is 0 Å². The van der Waals surface area contributed by atoms with E-state index < -0.39 is 0 Å². The summed E-state index contributed by atoms with van der Waals surface area (Å²) in [5.41, 5.74) is 1.54. The van der Waals surface area contributed by atoms with Crippen molar-refractivity contribution in [2.24, 2.45) is 0 Å². The standard InChI is InChI=1S/C10H18N2S/c1-10(2,8-12-5-6-13)9-3-4-11-7-9/h3-4,7,11-13H,5-6,8H2,1-2H3. The average molecular weight is 198 g/mol. The number of H-pyrrole nitrogens is 1. The van der Waals surface area contributed by atoms with Crippen molar-refractivity contribution in [3.05, 3.63) is 24.0 Å². The maximum absolute atomic E-state index is 4.16. The average Bonchev–Trinajstić information content (AvgIpc) is 2.56. The molecule has 0 unspecified atom stereocenters. The largest absolute Gasteiger partial charge is 0.367 e. The van der Waals surface area contributed by atoms with Gasteiger partial charge in [0.1, 0.15) is 0 Å². The second-order valence-electron chi connectivity index (χ2n) is 3.88. The van der Waals surface area contributed by atoms with E-state index in [1.54, 1.807) is 0 Å². The minimum atomic E-state index is 0.197. The molecule has 0 saturated heterocycles. The van der Waals surface area contributed by atoms with E-state index in [-0.39, 0.29) is 5.41 Å². The van der Waals surface area contributed by atoms with Crippen LogP contribution in [0.25, 0.3) is 0 Å². The van der Waals surface area contributed by atoms with E-state index >= 15 is 0 Å². The Kier molecular flexibility index (Phi) is 3.88. The van der Waals surface area contributed by atoms with E-state index in [0.717, 1.165) is 18.8 Å². The lowest BCUT2D eigenvalue weighted by Crippen LogP contribution is -2.33. The van der Waals surface area contributed by atoms with Gasteiger partial charge in [0.25, 0.3) is 0 Å². The quantitative estimate of drug-likeness (QED) is 0.488. The molecule has 0 atom stereocenters. The molecule has 0 aliphatic rings. The van der Waals surface area contributed by atoms with Gasteiger partial charge in [-0.2, -0.15) is 12.6 Å². The number of rotatable bonds is 5. The Balaban J connectivity index is 2.46. The van der Waals surface area contributed by atoms with Gasteiger partial charge in [0, 0.05) is 36.7 Å². The molecule has 0 amide bonds. The van der Waals surface area contributed by atoms with E-state index in [4.69, 9.17) is 0 Å². The van der Waals surface area contributed by atoms with Crippen LogP contribution in [0.4, 0.5) is 0 Å². The lowest BCUT2D eigenvalue weighted by atomic mass is 9.86. The van der Waals surface area contributed by atoms with Crippen LogP contribution in [0.15, 0.2) is 18.5 Å². The molecule has 74 valence electrons. The predicted molar refractivity (Wildman–Crippen MR) is 60.5 cm³/mol. The highest BCUT2D eigenvalue weighted by Crippen LogP contribution is 2.21. The van der Waals surface area contributed by atoms with Crippen LogP contribution >= 0.6 is 12.6 Å². The lowest BCUT2D eigenvalue weighted by Gasteiger charge is -2.23. The van der Waals surface area contributed by atoms with Gasteiger partial charge in [-0.1, -0.05) is 13.8 Å². The molecule has 1 aromatic rings. The Morgan fingerprint density at radius 3 is 2.85 bits per heavy atom. The highest BCUT2D eigenvalue weighted by molar-refractivity contribution is 7.80. The Morgan fingerprint density at radius 1 is 1.54 bits per heavy atom. The zero-order valence-corrected chi connectivity index (χ0v) is 9.20. The molecule has 0 fully saturated rings. The van der Waals surface area contributed by atoms with Gasteiger partial charge in [0.2, 0.25) is 0 Å². The molecule has 2 nitrogen and oxygen atoms in total. The maximum Gasteiger partial charge on any atom is 0.00440 e. The minimum Gasteiger partial charge on any atom is -0.367 e. The fourth-order valence-corrected chi connectivity index (χ4v) is 1.48. The van der Waals surface area contributed by atoms with Gasteiger partial charge in [-0.25, -0.2) is 0 Å². The summed E-state index contributed by atoms with van der Waals surface area (Å²) in [7, 11) is 0. The molecule has 1 aromatic heterocycles. The fourth-order valence-electron chi connectivity index (χ4n) is 1.33. The molecule has 1 heterocycles. The third-order valence-corrected chi connectivity index (χ3v) is 2.46. The van der Waals surface area contributed by atoms with Crippen molar-refractivity contribution in [1.29, 1.82) is 0 Å².